The van der Waals surface area contributed by atoms with Gasteiger partial charge >= 0.3 is 0 Å². The van der Waals surface area contributed by atoms with Gasteiger partial charge in [0.1, 0.15) is 0 Å². The molecule has 2 unspecified atom stereocenters. The predicted octanol–water partition coefficient (Wildman–Crippen LogP) is 3.70. The molecule has 6 nitrogen and oxygen atoms in total. The van der Waals surface area contributed by atoms with Gasteiger partial charge < -0.3 is 19.7 Å². The van der Waals surface area contributed by atoms with E-state index >= 15 is 0 Å². The Balaban J connectivity index is 0.00000320. The van der Waals surface area contributed by atoms with Crippen molar-refractivity contribution in [1.82, 2.24) is 15.1 Å². The highest BCUT2D eigenvalue weighted by Gasteiger charge is 2.28. The Morgan fingerprint density at radius 2 is 2.07 bits per heavy atom. The van der Waals surface area contributed by atoms with Crippen molar-refractivity contribution < 1.29 is 9.47 Å². The van der Waals surface area contributed by atoms with E-state index in [4.69, 9.17) is 9.47 Å². The summed E-state index contributed by atoms with van der Waals surface area (Å²) >= 11 is 1.87. The van der Waals surface area contributed by atoms with Crippen molar-refractivity contribution in [2.24, 2.45) is 16.8 Å². The van der Waals surface area contributed by atoms with Crippen LogP contribution in [0.2, 0.25) is 0 Å². The quantitative estimate of drug-likeness (QED) is 0.220. The topological polar surface area (TPSA) is 49.3 Å². The van der Waals surface area contributed by atoms with Gasteiger partial charge in [0.15, 0.2) is 5.96 Å². The second-order valence-electron chi connectivity index (χ2n) is 8.35. The Hall–Kier alpha value is -0.420. The van der Waals surface area contributed by atoms with Gasteiger partial charge in [-0.3, -0.25) is 9.89 Å². The van der Waals surface area contributed by atoms with E-state index in [2.05, 4.69) is 44.5 Å². The van der Waals surface area contributed by atoms with Crippen LogP contribution in [0.1, 0.15) is 37.1 Å². The lowest BCUT2D eigenvalue weighted by Gasteiger charge is -2.37. The number of hydrogen-bond acceptors (Lipinski definition) is 5. The van der Waals surface area contributed by atoms with Crippen LogP contribution in [0, 0.1) is 11.8 Å². The fourth-order valence-corrected chi connectivity index (χ4v) is 5.17. The highest BCUT2D eigenvalue weighted by Crippen LogP contribution is 2.29. The number of likely N-dealkylation sites (tertiary alicyclic amines) is 2. The Labute approximate surface area is 203 Å². The average Bonchev–Trinajstić information content (AvgIpc) is 3.42. The minimum Gasteiger partial charge on any atom is -0.382 e. The second kappa shape index (κ2) is 13.9. The fraction of sp³-hybridized carbons (Fsp3) is 0.773. The Morgan fingerprint density at radius 3 is 2.73 bits per heavy atom. The van der Waals surface area contributed by atoms with E-state index in [1.54, 1.807) is 7.11 Å². The third-order valence-corrected chi connectivity index (χ3v) is 7.14. The third-order valence-electron chi connectivity index (χ3n) is 6.17. The molecule has 2 atom stereocenters. The molecule has 1 aromatic heterocycles. The maximum Gasteiger partial charge on any atom is 0.193 e. The third kappa shape index (κ3) is 7.62. The van der Waals surface area contributed by atoms with Gasteiger partial charge in [-0.05, 0) is 49.7 Å². The maximum absolute atomic E-state index is 5.74. The van der Waals surface area contributed by atoms with E-state index in [1.165, 1.54) is 30.8 Å². The largest absolute Gasteiger partial charge is 0.382 e. The van der Waals surface area contributed by atoms with Crippen LogP contribution in [-0.2, 0) is 9.47 Å². The van der Waals surface area contributed by atoms with Crippen LogP contribution in [0.5, 0.6) is 0 Å². The number of hydrogen-bond donors (Lipinski definition) is 1. The molecule has 3 rings (SSSR count). The summed E-state index contributed by atoms with van der Waals surface area (Å²) in [5, 5.41) is 5.88. The smallest absolute Gasteiger partial charge is 0.193 e. The summed E-state index contributed by atoms with van der Waals surface area (Å²) in [6.45, 7) is 9.87. The summed E-state index contributed by atoms with van der Waals surface area (Å²) in [5.74, 6) is 2.45. The van der Waals surface area contributed by atoms with Gasteiger partial charge in [0.2, 0.25) is 0 Å². The second-order valence-corrected chi connectivity index (χ2v) is 9.33. The van der Waals surface area contributed by atoms with Crippen LogP contribution in [0.15, 0.2) is 22.5 Å². The minimum atomic E-state index is 0. The molecule has 0 radical (unpaired) electrons. The van der Waals surface area contributed by atoms with Gasteiger partial charge in [-0.2, -0.15) is 0 Å². The molecule has 1 aromatic rings. The van der Waals surface area contributed by atoms with E-state index in [0.29, 0.717) is 25.2 Å². The van der Waals surface area contributed by atoms with Crippen LogP contribution >= 0.6 is 35.3 Å². The molecule has 2 aliphatic heterocycles. The number of piperidine rings is 1. The molecule has 30 heavy (non-hydrogen) atoms. The van der Waals surface area contributed by atoms with Crippen LogP contribution in [0.25, 0.3) is 0 Å². The average molecular weight is 551 g/mol. The van der Waals surface area contributed by atoms with Gasteiger partial charge in [-0.15, -0.1) is 35.3 Å². The molecule has 8 heteroatoms. The summed E-state index contributed by atoms with van der Waals surface area (Å²) in [6.07, 6.45) is 3.76. The Kier molecular flexibility index (Phi) is 12.0. The van der Waals surface area contributed by atoms with Crippen molar-refractivity contribution in [3.63, 3.8) is 0 Å². The molecule has 3 heterocycles. The van der Waals surface area contributed by atoms with E-state index in [9.17, 15) is 0 Å². The first-order valence-electron chi connectivity index (χ1n) is 11.0. The summed E-state index contributed by atoms with van der Waals surface area (Å²) in [5.41, 5.74) is 0. The minimum absolute atomic E-state index is 0. The van der Waals surface area contributed by atoms with Crippen molar-refractivity contribution >= 4 is 41.3 Å². The maximum atomic E-state index is 5.74. The van der Waals surface area contributed by atoms with E-state index in [-0.39, 0.29) is 24.0 Å². The van der Waals surface area contributed by atoms with E-state index in [1.807, 2.05) is 18.4 Å². The first kappa shape index (κ1) is 25.8. The van der Waals surface area contributed by atoms with Crippen LogP contribution in [0.4, 0.5) is 0 Å². The number of guanidine groups is 1. The number of halogens is 1. The summed E-state index contributed by atoms with van der Waals surface area (Å²) in [4.78, 5) is 11.1. The Morgan fingerprint density at radius 1 is 1.27 bits per heavy atom. The van der Waals surface area contributed by atoms with Crippen molar-refractivity contribution in [1.29, 1.82) is 0 Å². The predicted molar refractivity (Wildman–Crippen MR) is 136 cm³/mol. The normalized spacial score (nSPS) is 22.2. The molecule has 172 valence electrons. The lowest BCUT2D eigenvalue weighted by Crippen LogP contribution is -2.46. The highest BCUT2D eigenvalue weighted by atomic mass is 127. The monoisotopic (exact) mass is 550 g/mol. The van der Waals surface area contributed by atoms with Crippen LogP contribution in [-0.4, -0.2) is 82.5 Å². The standard InChI is InChI=1S/C22H38N4O2S.HI/c1-18-6-9-25(10-7-18)20(21-5-4-14-29-21)15-24-22(23-2)26-11-8-19(16-26)17-28-13-12-27-3;/h4-5,14,18-20H,6-13,15-17H2,1-3H3,(H,23,24);1H. The molecule has 2 fully saturated rings. The number of thiophene rings is 1. The number of methoxy groups -OCH3 is 1. The highest BCUT2D eigenvalue weighted by molar-refractivity contribution is 14.0. The summed E-state index contributed by atoms with van der Waals surface area (Å²) in [7, 11) is 3.61. The van der Waals surface area contributed by atoms with E-state index < -0.39 is 0 Å². The molecular formula is C22H39IN4O2S. The van der Waals surface area contributed by atoms with Crippen molar-refractivity contribution in [3.8, 4) is 0 Å². The molecule has 0 aliphatic carbocycles. The number of ether oxygens (including phenoxy) is 2. The molecule has 0 aromatic carbocycles. The molecule has 0 bridgehead atoms. The van der Waals surface area contributed by atoms with Gasteiger partial charge in [0, 0.05) is 44.6 Å². The molecule has 0 amide bonds. The van der Waals surface area contributed by atoms with Gasteiger partial charge in [-0.25, -0.2) is 0 Å². The number of rotatable bonds is 9. The zero-order valence-electron chi connectivity index (χ0n) is 18.7. The molecule has 0 saturated carbocycles. The first-order chi connectivity index (χ1) is 14.2. The van der Waals surface area contributed by atoms with Crippen molar-refractivity contribution in [2.45, 2.75) is 32.2 Å². The molecule has 2 aliphatic rings. The van der Waals surface area contributed by atoms with E-state index in [0.717, 1.165) is 44.5 Å². The molecular weight excluding hydrogens is 511 g/mol. The fourth-order valence-electron chi connectivity index (χ4n) is 4.30. The van der Waals surface area contributed by atoms with Crippen molar-refractivity contribution in [2.75, 3.05) is 66.7 Å². The van der Waals surface area contributed by atoms with Gasteiger partial charge in [0.25, 0.3) is 0 Å². The number of nitrogens with zero attached hydrogens (tertiary/aromatic N) is 3. The van der Waals surface area contributed by atoms with Crippen molar-refractivity contribution in [3.05, 3.63) is 22.4 Å². The summed E-state index contributed by atoms with van der Waals surface area (Å²) in [6, 6.07) is 4.87. The van der Waals surface area contributed by atoms with Gasteiger partial charge in [0.05, 0.1) is 25.9 Å². The molecule has 2 saturated heterocycles. The zero-order valence-corrected chi connectivity index (χ0v) is 21.9. The number of nitrogens with one attached hydrogen (secondary N) is 1. The summed E-state index contributed by atoms with van der Waals surface area (Å²) < 4.78 is 10.8. The van der Waals surface area contributed by atoms with Crippen LogP contribution in [0.3, 0.4) is 0 Å². The zero-order chi connectivity index (χ0) is 20.5. The molecule has 0 spiro atoms. The van der Waals surface area contributed by atoms with Crippen LogP contribution < -0.4 is 5.32 Å². The lowest BCUT2D eigenvalue weighted by molar-refractivity contribution is 0.0536. The first-order valence-corrected chi connectivity index (χ1v) is 11.9. The Bertz CT molecular complexity index is 608. The SMILES string of the molecule is CN=C(NCC(c1cccs1)N1CCC(C)CC1)N1CCC(COCCOC)C1.I. The van der Waals surface area contributed by atoms with Gasteiger partial charge in [-0.1, -0.05) is 13.0 Å². The lowest BCUT2D eigenvalue weighted by atomic mass is 9.97. The number of aliphatic imine (C=N–C) groups is 1. The molecule has 1 N–H and O–H groups in total.